The van der Waals surface area contributed by atoms with E-state index in [-0.39, 0.29) is 11.7 Å². The summed E-state index contributed by atoms with van der Waals surface area (Å²) in [6, 6.07) is 16.9. The zero-order valence-corrected chi connectivity index (χ0v) is 15.1. The first kappa shape index (κ1) is 16.8. The number of fused-ring (bicyclic) bond motifs is 1. The molecule has 132 valence electrons. The molecule has 0 N–H and O–H groups in total. The largest absolute Gasteiger partial charge is 0.350 e. The van der Waals surface area contributed by atoms with Crippen molar-refractivity contribution >= 4 is 23.2 Å². The Kier molecular flexibility index (Phi) is 4.49. The Labute approximate surface area is 156 Å². The minimum absolute atomic E-state index is 0.187. The van der Waals surface area contributed by atoms with Crippen molar-refractivity contribution in [3.05, 3.63) is 70.9 Å². The predicted molar refractivity (Wildman–Crippen MR) is 101 cm³/mol. The highest BCUT2D eigenvalue weighted by Gasteiger charge is 2.26. The average Bonchev–Trinajstić information content (AvgIpc) is 3.06. The van der Waals surface area contributed by atoms with Crippen LogP contribution in [0.3, 0.4) is 0 Å². The van der Waals surface area contributed by atoms with Crippen LogP contribution in [0.15, 0.2) is 59.1 Å². The molecule has 1 aliphatic heterocycles. The molecule has 2 heterocycles. The molecule has 0 atom stereocenters. The van der Waals surface area contributed by atoms with Crippen LogP contribution >= 0.6 is 11.6 Å². The molecule has 0 aliphatic carbocycles. The Bertz CT molecular complexity index is 953. The van der Waals surface area contributed by atoms with Gasteiger partial charge in [0.2, 0.25) is 5.76 Å². The van der Waals surface area contributed by atoms with Gasteiger partial charge in [-0.1, -0.05) is 47.1 Å². The van der Waals surface area contributed by atoms with Gasteiger partial charge in [0.25, 0.3) is 5.91 Å². The fraction of sp³-hybridized carbons (Fsp3) is 0.200. The van der Waals surface area contributed by atoms with Crippen molar-refractivity contribution in [2.24, 2.45) is 0 Å². The Morgan fingerprint density at radius 2 is 1.96 bits per heavy atom. The number of rotatable bonds is 2. The maximum absolute atomic E-state index is 13.1. The smallest absolute Gasteiger partial charge is 0.296 e. The molecule has 26 heavy (non-hydrogen) atoms. The van der Waals surface area contributed by atoms with Crippen LogP contribution in [0.2, 0.25) is 5.02 Å². The van der Waals surface area contributed by atoms with Crippen LogP contribution in [0.4, 0.5) is 5.69 Å². The van der Waals surface area contributed by atoms with Gasteiger partial charge in [0.15, 0.2) is 0 Å². The van der Waals surface area contributed by atoms with Gasteiger partial charge in [-0.25, -0.2) is 0 Å². The van der Waals surface area contributed by atoms with Gasteiger partial charge in [-0.3, -0.25) is 4.79 Å². The Balaban J connectivity index is 1.66. The number of aromatic nitrogens is 1. The second-order valence-corrected chi connectivity index (χ2v) is 6.85. The van der Waals surface area contributed by atoms with E-state index < -0.39 is 0 Å². The average molecular weight is 368 g/mol. The number of carbonyl (C=O) groups excluding carboxylic acids is 1. The molecule has 4 rings (SSSR count). The SMILES string of the molecule is CN1CCN(C(=O)c2cc(-c3cccc(Cl)c3)no2)c2ccccc2C1. The number of amides is 1. The number of hydrogen-bond acceptors (Lipinski definition) is 4. The van der Waals surface area contributed by atoms with Crippen LogP contribution in [-0.2, 0) is 6.54 Å². The first-order chi connectivity index (χ1) is 12.6. The summed E-state index contributed by atoms with van der Waals surface area (Å²) in [7, 11) is 2.05. The lowest BCUT2D eigenvalue weighted by Crippen LogP contribution is -2.34. The van der Waals surface area contributed by atoms with E-state index in [1.165, 1.54) is 0 Å². The van der Waals surface area contributed by atoms with Gasteiger partial charge >= 0.3 is 0 Å². The summed E-state index contributed by atoms with van der Waals surface area (Å²) in [5, 5.41) is 4.66. The van der Waals surface area contributed by atoms with E-state index in [4.69, 9.17) is 16.1 Å². The highest BCUT2D eigenvalue weighted by molar-refractivity contribution is 6.30. The normalized spacial score (nSPS) is 14.8. The third kappa shape index (κ3) is 3.23. The van der Waals surface area contributed by atoms with Crippen LogP contribution in [0.5, 0.6) is 0 Å². The highest BCUT2D eigenvalue weighted by Crippen LogP contribution is 2.28. The molecular weight excluding hydrogens is 350 g/mol. The molecule has 0 saturated carbocycles. The summed E-state index contributed by atoms with van der Waals surface area (Å²) in [6.07, 6.45) is 0. The summed E-state index contributed by atoms with van der Waals surface area (Å²) < 4.78 is 5.36. The topological polar surface area (TPSA) is 49.6 Å². The van der Waals surface area contributed by atoms with Gasteiger partial charge in [-0.2, -0.15) is 0 Å². The molecule has 2 aromatic carbocycles. The van der Waals surface area contributed by atoms with Crippen molar-refractivity contribution in [1.82, 2.24) is 10.1 Å². The summed E-state index contributed by atoms with van der Waals surface area (Å²) >= 11 is 6.04. The molecule has 6 heteroatoms. The van der Waals surface area contributed by atoms with E-state index in [1.807, 2.05) is 30.3 Å². The second kappa shape index (κ2) is 6.94. The van der Waals surface area contributed by atoms with Crippen molar-refractivity contribution in [2.75, 3.05) is 25.0 Å². The molecule has 3 aromatic rings. The number of anilines is 1. The third-order valence-corrected chi connectivity index (χ3v) is 4.75. The molecule has 0 radical (unpaired) electrons. The molecule has 1 aliphatic rings. The van der Waals surface area contributed by atoms with Crippen molar-refractivity contribution in [2.45, 2.75) is 6.54 Å². The Morgan fingerprint density at radius 1 is 1.12 bits per heavy atom. The summed E-state index contributed by atoms with van der Waals surface area (Å²) in [5.74, 6) is 0.0351. The lowest BCUT2D eigenvalue weighted by Gasteiger charge is -2.21. The molecule has 5 nitrogen and oxygen atoms in total. The van der Waals surface area contributed by atoms with Crippen LogP contribution in [0, 0.1) is 0 Å². The van der Waals surface area contributed by atoms with E-state index in [0.717, 1.165) is 29.9 Å². The van der Waals surface area contributed by atoms with E-state index in [1.54, 1.807) is 23.1 Å². The van der Waals surface area contributed by atoms with Gasteiger partial charge in [0, 0.05) is 42.0 Å². The minimum atomic E-state index is -0.187. The lowest BCUT2D eigenvalue weighted by atomic mass is 10.1. The lowest BCUT2D eigenvalue weighted by molar-refractivity contribution is 0.0950. The minimum Gasteiger partial charge on any atom is -0.350 e. The van der Waals surface area contributed by atoms with E-state index in [2.05, 4.69) is 23.2 Å². The zero-order chi connectivity index (χ0) is 18.1. The van der Waals surface area contributed by atoms with Crippen molar-refractivity contribution in [1.29, 1.82) is 0 Å². The Hall–Kier alpha value is -2.63. The fourth-order valence-electron chi connectivity index (χ4n) is 3.17. The fourth-order valence-corrected chi connectivity index (χ4v) is 3.36. The molecule has 1 aromatic heterocycles. The zero-order valence-electron chi connectivity index (χ0n) is 14.4. The second-order valence-electron chi connectivity index (χ2n) is 6.41. The molecule has 0 fully saturated rings. The van der Waals surface area contributed by atoms with Crippen LogP contribution in [0.1, 0.15) is 16.1 Å². The van der Waals surface area contributed by atoms with Gasteiger partial charge < -0.3 is 14.3 Å². The number of hydrogen-bond donors (Lipinski definition) is 0. The quantitative estimate of drug-likeness (QED) is 0.684. The monoisotopic (exact) mass is 367 g/mol. The first-order valence-corrected chi connectivity index (χ1v) is 8.80. The standard InChI is InChI=1S/C20H18ClN3O2/c1-23-9-10-24(18-8-3-2-5-15(18)13-23)20(25)19-12-17(22-26-19)14-6-4-7-16(21)11-14/h2-8,11-12H,9-10,13H2,1H3. The van der Waals surface area contributed by atoms with Gasteiger partial charge in [-0.05, 0) is 30.8 Å². The molecular formula is C20H18ClN3O2. The van der Waals surface area contributed by atoms with E-state index >= 15 is 0 Å². The number of benzene rings is 2. The number of likely N-dealkylation sites (N-methyl/N-ethyl adjacent to an activating group) is 1. The number of nitrogens with zero attached hydrogens (tertiary/aromatic N) is 3. The van der Waals surface area contributed by atoms with Gasteiger partial charge in [0.05, 0.1) is 0 Å². The number of para-hydroxylation sites is 1. The maximum Gasteiger partial charge on any atom is 0.296 e. The van der Waals surface area contributed by atoms with Crippen LogP contribution in [-0.4, -0.2) is 36.1 Å². The highest BCUT2D eigenvalue weighted by atomic mass is 35.5. The van der Waals surface area contributed by atoms with Crippen LogP contribution < -0.4 is 4.90 Å². The summed E-state index contributed by atoms with van der Waals surface area (Å²) in [5.41, 5.74) is 3.45. The van der Waals surface area contributed by atoms with E-state index in [9.17, 15) is 4.79 Å². The Morgan fingerprint density at radius 3 is 2.81 bits per heavy atom. The molecule has 1 amide bonds. The predicted octanol–water partition coefficient (Wildman–Crippen LogP) is 4.09. The van der Waals surface area contributed by atoms with Gasteiger partial charge in [-0.15, -0.1) is 0 Å². The first-order valence-electron chi connectivity index (χ1n) is 8.43. The molecule has 0 unspecified atom stereocenters. The van der Waals surface area contributed by atoms with Crippen LogP contribution in [0.25, 0.3) is 11.3 Å². The molecule has 0 spiro atoms. The van der Waals surface area contributed by atoms with E-state index in [0.29, 0.717) is 17.3 Å². The molecule has 0 bridgehead atoms. The summed E-state index contributed by atoms with van der Waals surface area (Å²) in [4.78, 5) is 17.0. The number of carbonyl (C=O) groups is 1. The van der Waals surface area contributed by atoms with Gasteiger partial charge in [0.1, 0.15) is 5.69 Å². The van der Waals surface area contributed by atoms with Crippen molar-refractivity contribution in [3.8, 4) is 11.3 Å². The third-order valence-electron chi connectivity index (χ3n) is 4.51. The molecule has 0 saturated heterocycles. The summed E-state index contributed by atoms with van der Waals surface area (Å²) in [6.45, 7) is 2.19. The van der Waals surface area contributed by atoms with Crippen molar-refractivity contribution < 1.29 is 9.32 Å². The van der Waals surface area contributed by atoms with Crippen molar-refractivity contribution in [3.63, 3.8) is 0 Å². The maximum atomic E-state index is 13.1. The number of halogens is 1.